The third-order valence-electron chi connectivity index (χ3n) is 4.94. The molecule has 1 aromatic heterocycles. The van der Waals surface area contributed by atoms with Crippen molar-refractivity contribution in [3.8, 4) is 0 Å². The van der Waals surface area contributed by atoms with Gasteiger partial charge in [-0.1, -0.05) is 32.0 Å². The summed E-state index contributed by atoms with van der Waals surface area (Å²) in [5, 5.41) is 3.47. The van der Waals surface area contributed by atoms with Gasteiger partial charge in [-0.2, -0.15) is 0 Å². The Morgan fingerprint density at radius 3 is 2.57 bits per heavy atom. The van der Waals surface area contributed by atoms with Gasteiger partial charge < -0.3 is 5.32 Å². The van der Waals surface area contributed by atoms with Gasteiger partial charge >= 0.3 is 0 Å². The van der Waals surface area contributed by atoms with E-state index in [1.54, 1.807) is 0 Å². The van der Waals surface area contributed by atoms with Gasteiger partial charge in [-0.3, -0.25) is 4.79 Å². The van der Waals surface area contributed by atoms with Crippen molar-refractivity contribution in [2.24, 2.45) is 5.41 Å². The fraction of sp³-hybridized carbons (Fsp3) is 0.400. The summed E-state index contributed by atoms with van der Waals surface area (Å²) in [6.07, 6.45) is 4.66. The van der Waals surface area contributed by atoms with Crippen LogP contribution in [0.1, 0.15) is 53.9 Å². The highest BCUT2D eigenvalue weighted by Gasteiger charge is 2.36. The standard InChI is InChI=1S/C20H22N2O/c1-20(2)11-16-18(17(23)12-20)14-9-6-10-15(14)19(22-16)21-13-7-4-3-5-8-13/h3-5,7-8H,6,9-12H2,1-2H3,(H,21,22). The van der Waals surface area contributed by atoms with E-state index >= 15 is 0 Å². The van der Waals surface area contributed by atoms with Crippen molar-refractivity contribution in [3.05, 3.63) is 52.7 Å². The molecule has 0 atom stereocenters. The Bertz CT molecular complexity index is 778. The number of nitrogens with zero attached hydrogens (tertiary/aromatic N) is 1. The molecule has 0 fully saturated rings. The number of rotatable bonds is 2. The van der Waals surface area contributed by atoms with Crippen LogP contribution in [0.15, 0.2) is 30.3 Å². The number of para-hydroxylation sites is 1. The number of carbonyl (C=O) groups excluding carboxylic acids is 1. The Balaban J connectivity index is 1.83. The van der Waals surface area contributed by atoms with Crippen molar-refractivity contribution in [2.75, 3.05) is 5.32 Å². The first kappa shape index (κ1) is 14.4. The first-order chi connectivity index (χ1) is 11.0. The first-order valence-corrected chi connectivity index (χ1v) is 8.43. The third-order valence-corrected chi connectivity index (χ3v) is 4.94. The lowest BCUT2D eigenvalue weighted by Gasteiger charge is -2.31. The fourth-order valence-corrected chi connectivity index (χ4v) is 3.97. The maximum atomic E-state index is 12.7. The smallest absolute Gasteiger partial charge is 0.165 e. The number of fused-ring (bicyclic) bond motifs is 3. The molecule has 0 unspecified atom stereocenters. The zero-order valence-corrected chi connectivity index (χ0v) is 13.8. The minimum atomic E-state index is 0.00788. The highest BCUT2D eigenvalue weighted by Crippen LogP contribution is 2.41. The van der Waals surface area contributed by atoms with E-state index in [9.17, 15) is 4.79 Å². The van der Waals surface area contributed by atoms with E-state index in [1.165, 1.54) is 11.1 Å². The number of Topliss-reactive ketones (excluding diaryl/α,β-unsaturated/α-hetero) is 1. The van der Waals surface area contributed by atoms with Crippen LogP contribution >= 0.6 is 0 Å². The number of pyridine rings is 1. The summed E-state index contributed by atoms with van der Waals surface area (Å²) >= 11 is 0. The van der Waals surface area contributed by atoms with E-state index < -0.39 is 0 Å². The van der Waals surface area contributed by atoms with Crippen molar-refractivity contribution in [3.63, 3.8) is 0 Å². The third kappa shape index (κ3) is 2.54. The fourth-order valence-electron chi connectivity index (χ4n) is 3.97. The molecule has 0 radical (unpaired) electrons. The van der Waals surface area contributed by atoms with Gasteiger partial charge in [-0.15, -0.1) is 0 Å². The zero-order chi connectivity index (χ0) is 16.0. The Labute approximate surface area is 137 Å². The number of hydrogen-bond donors (Lipinski definition) is 1. The molecule has 23 heavy (non-hydrogen) atoms. The molecule has 0 amide bonds. The second-order valence-corrected chi connectivity index (χ2v) is 7.52. The Morgan fingerprint density at radius 1 is 1.04 bits per heavy atom. The Kier molecular flexibility index (Phi) is 3.26. The van der Waals surface area contributed by atoms with Crippen molar-refractivity contribution >= 4 is 17.3 Å². The number of benzene rings is 1. The molecule has 0 saturated carbocycles. The molecule has 118 valence electrons. The van der Waals surface area contributed by atoms with E-state index in [-0.39, 0.29) is 11.2 Å². The molecule has 0 aliphatic heterocycles. The van der Waals surface area contributed by atoms with Crippen LogP contribution in [0.3, 0.4) is 0 Å². The number of carbonyl (C=O) groups is 1. The van der Waals surface area contributed by atoms with Crippen LogP contribution in [0.4, 0.5) is 11.5 Å². The molecule has 2 aliphatic rings. The minimum Gasteiger partial charge on any atom is -0.340 e. The van der Waals surface area contributed by atoms with Gasteiger partial charge in [0.15, 0.2) is 5.78 Å². The predicted molar refractivity (Wildman–Crippen MR) is 92.4 cm³/mol. The van der Waals surface area contributed by atoms with Gasteiger partial charge in [0.05, 0.1) is 5.69 Å². The minimum absolute atomic E-state index is 0.00788. The molecule has 1 N–H and O–H groups in total. The van der Waals surface area contributed by atoms with Crippen LogP contribution < -0.4 is 5.32 Å². The molecular formula is C20H22N2O. The summed E-state index contributed by atoms with van der Waals surface area (Å²) in [5.41, 5.74) is 5.50. The Hall–Kier alpha value is -2.16. The largest absolute Gasteiger partial charge is 0.340 e. The lowest BCUT2D eigenvalue weighted by atomic mass is 9.74. The van der Waals surface area contributed by atoms with Crippen LogP contribution in [-0.2, 0) is 19.3 Å². The van der Waals surface area contributed by atoms with E-state index in [0.29, 0.717) is 6.42 Å². The number of nitrogens with one attached hydrogen (secondary N) is 1. The second-order valence-electron chi connectivity index (χ2n) is 7.52. The van der Waals surface area contributed by atoms with Crippen molar-refractivity contribution in [1.82, 2.24) is 4.98 Å². The number of hydrogen-bond acceptors (Lipinski definition) is 3. The van der Waals surface area contributed by atoms with Gasteiger partial charge in [0.1, 0.15) is 5.82 Å². The van der Waals surface area contributed by atoms with Crippen LogP contribution in [0.5, 0.6) is 0 Å². The summed E-state index contributed by atoms with van der Waals surface area (Å²) in [6.45, 7) is 4.32. The summed E-state index contributed by atoms with van der Waals surface area (Å²) in [5.74, 6) is 1.24. The summed E-state index contributed by atoms with van der Waals surface area (Å²) in [7, 11) is 0. The van der Waals surface area contributed by atoms with E-state index in [0.717, 1.165) is 48.4 Å². The summed E-state index contributed by atoms with van der Waals surface area (Å²) in [4.78, 5) is 17.6. The molecule has 1 heterocycles. The van der Waals surface area contributed by atoms with Gasteiger partial charge in [-0.25, -0.2) is 4.98 Å². The van der Waals surface area contributed by atoms with Crippen molar-refractivity contribution in [1.29, 1.82) is 0 Å². The predicted octanol–water partition coefficient (Wildman–Crippen LogP) is 4.47. The first-order valence-electron chi connectivity index (χ1n) is 8.43. The molecule has 2 aliphatic carbocycles. The van der Waals surface area contributed by atoms with Gasteiger partial charge in [0.2, 0.25) is 0 Å². The molecule has 2 aromatic rings. The van der Waals surface area contributed by atoms with Gasteiger partial charge in [0, 0.05) is 17.7 Å². The number of aromatic nitrogens is 1. The van der Waals surface area contributed by atoms with E-state index in [2.05, 4.69) is 31.3 Å². The molecule has 0 spiro atoms. The van der Waals surface area contributed by atoms with Crippen LogP contribution in [0, 0.1) is 5.41 Å². The SMILES string of the molecule is CC1(C)CC(=O)c2c(nc(Nc3ccccc3)c3c2CCC3)C1. The summed E-state index contributed by atoms with van der Waals surface area (Å²) < 4.78 is 0. The molecule has 3 heteroatoms. The van der Waals surface area contributed by atoms with Crippen LogP contribution in [-0.4, -0.2) is 10.8 Å². The highest BCUT2D eigenvalue weighted by molar-refractivity contribution is 6.01. The van der Waals surface area contributed by atoms with E-state index in [1.807, 2.05) is 18.2 Å². The molecule has 0 saturated heterocycles. The molecular weight excluding hydrogens is 284 g/mol. The quantitative estimate of drug-likeness (QED) is 0.890. The molecule has 4 rings (SSSR count). The number of ketones is 1. The zero-order valence-electron chi connectivity index (χ0n) is 13.8. The highest BCUT2D eigenvalue weighted by atomic mass is 16.1. The monoisotopic (exact) mass is 306 g/mol. The van der Waals surface area contributed by atoms with Gasteiger partial charge in [0.25, 0.3) is 0 Å². The lowest BCUT2D eigenvalue weighted by Crippen LogP contribution is -2.29. The second kappa shape index (κ2) is 5.19. The topological polar surface area (TPSA) is 42.0 Å². The average molecular weight is 306 g/mol. The van der Waals surface area contributed by atoms with E-state index in [4.69, 9.17) is 4.98 Å². The lowest BCUT2D eigenvalue weighted by molar-refractivity contribution is 0.0909. The van der Waals surface area contributed by atoms with Crippen LogP contribution in [0.2, 0.25) is 0 Å². The number of anilines is 2. The van der Waals surface area contributed by atoms with Crippen molar-refractivity contribution in [2.45, 2.75) is 46.0 Å². The maximum Gasteiger partial charge on any atom is 0.165 e. The van der Waals surface area contributed by atoms with Gasteiger partial charge in [-0.05, 0) is 54.4 Å². The summed E-state index contributed by atoms with van der Waals surface area (Å²) in [6, 6.07) is 10.2. The molecule has 3 nitrogen and oxygen atoms in total. The average Bonchev–Trinajstić information content (AvgIpc) is 2.96. The normalized spacial score (nSPS) is 18.4. The van der Waals surface area contributed by atoms with Crippen LogP contribution in [0.25, 0.3) is 0 Å². The maximum absolute atomic E-state index is 12.7. The molecule has 0 bridgehead atoms. The van der Waals surface area contributed by atoms with Crippen molar-refractivity contribution < 1.29 is 4.79 Å². The Morgan fingerprint density at radius 2 is 1.78 bits per heavy atom. The molecule has 1 aromatic carbocycles.